The van der Waals surface area contributed by atoms with Crippen molar-refractivity contribution in [3.05, 3.63) is 0 Å². The molecule has 1 atom stereocenters. The van der Waals surface area contributed by atoms with E-state index >= 15 is 0 Å². The van der Waals surface area contributed by atoms with Crippen LogP contribution < -0.4 is 11.5 Å². The Balaban J connectivity index is 2.43. The van der Waals surface area contributed by atoms with E-state index < -0.39 is 30.8 Å². The number of primary amides is 1. The van der Waals surface area contributed by atoms with Gasteiger partial charge in [-0.25, -0.2) is 0 Å². The van der Waals surface area contributed by atoms with Gasteiger partial charge in [-0.05, 0) is 18.8 Å². The Hall–Kier alpha value is -0.820. The Bertz CT molecular complexity index is 253. The molecule has 1 unspecified atom stereocenters. The van der Waals surface area contributed by atoms with Crippen molar-refractivity contribution in [3.63, 3.8) is 0 Å². The van der Waals surface area contributed by atoms with Crippen LogP contribution in [0.15, 0.2) is 0 Å². The Kier molecular flexibility index (Phi) is 3.25. The average Bonchev–Trinajstić information content (AvgIpc) is 2.82. The van der Waals surface area contributed by atoms with E-state index in [1.807, 2.05) is 0 Å². The van der Waals surface area contributed by atoms with Gasteiger partial charge in [-0.3, -0.25) is 4.79 Å². The third kappa shape index (κ3) is 3.35. The molecule has 0 bridgehead atoms. The van der Waals surface area contributed by atoms with Gasteiger partial charge in [0.05, 0.1) is 6.61 Å². The number of nitrogens with two attached hydrogens (primary N) is 2. The van der Waals surface area contributed by atoms with Gasteiger partial charge in [-0.15, -0.1) is 0 Å². The van der Waals surface area contributed by atoms with Crippen molar-refractivity contribution >= 4 is 5.91 Å². The molecule has 0 aliphatic heterocycles. The van der Waals surface area contributed by atoms with Crippen molar-refractivity contribution in [2.24, 2.45) is 17.4 Å². The number of halogens is 3. The second kappa shape index (κ2) is 3.97. The molecule has 1 aliphatic carbocycles. The molecular formula is C8H13F3N2O2. The molecule has 1 amide bonds. The fourth-order valence-electron chi connectivity index (χ4n) is 1.32. The first kappa shape index (κ1) is 12.3. The summed E-state index contributed by atoms with van der Waals surface area (Å²) in [7, 11) is 0. The number of carbonyl (C=O) groups excluding carboxylic acids is 1. The van der Waals surface area contributed by atoms with Gasteiger partial charge in [0, 0.05) is 0 Å². The van der Waals surface area contributed by atoms with E-state index in [0.717, 1.165) is 0 Å². The Morgan fingerprint density at radius 3 is 2.20 bits per heavy atom. The fourth-order valence-corrected chi connectivity index (χ4v) is 1.32. The monoisotopic (exact) mass is 226 g/mol. The van der Waals surface area contributed by atoms with E-state index in [1.165, 1.54) is 0 Å². The van der Waals surface area contributed by atoms with Gasteiger partial charge in [0.1, 0.15) is 12.1 Å². The van der Waals surface area contributed by atoms with Crippen LogP contribution in [-0.4, -0.2) is 30.8 Å². The minimum Gasteiger partial charge on any atom is -0.370 e. The molecule has 88 valence electrons. The van der Waals surface area contributed by atoms with E-state index in [-0.39, 0.29) is 5.92 Å². The molecule has 0 aromatic rings. The number of carbonyl (C=O) groups is 1. The fraction of sp³-hybridized carbons (Fsp3) is 0.875. The highest BCUT2D eigenvalue weighted by Gasteiger charge is 2.47. The summed E-state index contributed by atoms with van der Waals surface area (Å²) in [6.45, 7) is -1.89. The zero-order valence-electron chi connectivity index (χ0n) is 8.01. The first-order chi connectivity index (χ1) is 6.76. The molecule has 0 spiro atoms. The Labute approximate surface area is 84.7 Å². The van der Waals surface area contributed by atoms with Crippen molar-refractivity contribution in [2.75, 3.05) is 13.2 Å². The first-order valence-electron chi connectivity index (χ1n) is 4.49. The Morgan fingerprint density at radius 1 is 1.33 bits per heavy atom. The minimum atomic E-state index is -4.41. The van der Waals surface area contributed by atoms with Gasteiger partial charge in [0.2, 0.25) is 5.91 Å². The zero-order chi connectivity index (χ0) is 11.7. The lowest BCUT2D eigenvalue weighted by Gasteiger charge is -2.25. The molecule has 15 heavy (non-hydrogen) atoms. The normalized spacial score (nSPS) is 21.1. The smallest absolute Gasteiger partial charge is 0.370 e. The van der Waals surface area contributed by atoms with Gasteiger partial charge in [-0.2, -0.15) is 13.2 Å². The molecule has 7 heteroatoms. The van der Waals surface area contributed by atoms with Crippen LogP contribution >= 0.6 is 0 Å². The highest BCUT2D eigenvalue weighted by molar-refractivity contribution is 5.85. The summed E-state index contributed by atoms with van der Waals surface area (Å²) >= 11 is 0. The van der Waals surface area contributed by atoms with Gasteiger partial charge < -0.3 is 16.2 Å². The minimum absolute atomic E-state index is 0.150. The van der Waals surface area contributed by atoms with E-state index in [1.54, 1.807) is 0 Å². The molecule has 0 saturated heterocycles. The van der Waals surface area contributed by atoms with Crippen LogP contribution in [0.25, 0.3) is 0 Å². The van der Waals surface area contributed by atoms with E-state index in [4.69, 9.17) is 11.5 Å². The van der Waals surface area contributed by atoms with Gasteiger partial charge in [0.25, 0.3) is 0 Å². The molecule has 1 rings (SSSR count). The summed E-state index contributed by atoms with van der Waals surface area (Å²) in [5.41, 5.74) is 9.19. The van der Waals surface area contributed by atoms with Crippen LogP contribution in [0.2, 0.25) is 0 Å². The van der Waals surface area contributed by atoms with Crippen LogP contribution in [0.1, 0.15) is 12.8 Å². The summed E-state index contributed by atoms with van der Waals surface area (Å²) < 4.78 is 39.7. The van der Waals surface area contributed by atoms with E-state index in [0.29, 0.717) is 12.8 Å². The maximum Gasteiger partial charge on any atom is 0.411 e. The number of hydrogen-bond acceptors (Lipinski definition) is 3. The van der Waals surface area contributed by atoms with Crippen molar-refractivity contribution in [3.8, 4) is 0 Å². The summed E-state index contributed by atoms with van der Waals surface area (Å²) in [6, 6.07) is 0. The van der Waals surface area contributed by atoms with Crippen molar-refractivity contribution in [1.29, 1.82) is 0 Å². The SMILES string of the molecule is NC(=O)C(N)(COCC(F)(F)F)C1CC1. The third-order valence-electron chi connectivity index (χ3n) is 2.37. The predicted molar refractivity (Wildman–Crippen MR) is 45.7 cm³/mol. The first-order valence-corrected chi connectivity index (χ1v) is 4.49. The summed E-state index contributed by atoms with van der Waals surface area (Å²) in [6.07, 6.45) is -3.01. The number of rotatable bonds is 5. The van der Waals surface area contributed by atoms with E-state index in [9.17, 15) is 18.0 Å². The highest BCUT2D eigenvalue weighted by Crippen LogP contribution is 2.38. The lowest BCUT2D eigenvalue weighted by Crippen LogP contribution is -2.57. The predicted octanol–water partition coefficient (Wildman–Crippen LogP) is 0.158. The van der Waals surface area contributed by atoms with Gasteiger partial charge in [-0.1, -0.05) is 0 Å². The summed E-state index contributed by atoms with van der Waals surface area (Å²) in [4.78, 5) is 11.0. The molecule has 0 heterocycles. The lowest BCUT2D eigenvalue weighted by atomic mass is 9.95. The van der Waals surface area contributed by atoms with Crippen LogP contribution in [0, 0.1) is 5.92 Å². The Morgan fingerprint density at radius 2 is 1.87 bits per heavy atom. The molecule has 1 saturated carbocycles. The second-order valence-electron chi connectivity index (χ2n) is 3.79. The van der Waals surface area contributed by atoms with Crippen LogP contribution in [-0.2, 0) is 9.53 Å². The number of ether oxygens (including phenoxy) is 1. The summed E-state index contributed by atoms with van der Waals surface area (Å²) in [5.74, 6) is -0.963. The lowest BCUT2D eigenvalue weighted by molar-refractivity contribution is -0.179. The molecule has 4 nitrogen and oxygen atoms in total. The van der Waals surface area contributed by atoms with E-state index in [2.05, 4.69) is 4.74 Å². The molecule has 0 aromatic heterocycles. The number of amides is 1. The maximum atomic E-state index is 11.8. The van der Waals surface area contributed by atoms with Crippen molar-refractivity contribution in [2.45, 2.75) is 24.6 Å². The third-order valence-corrected chi connectivity index (χ3v) is 2.37. The average molecular weight is 226 g/mol. The van der Waals surface area contributed by atoms with Gasteiger partial charge >= 0.3 is 6.18 Å². The van der Waals surface area contributed by atoms with Crippen molar-refractivity contribution in [1.82, 2.24) is 0 Å². The molecular weight excluding hydrogens is 213 g/mol. The maximum absolute atomic E-state index is 11.8. The van der Waals surface area contributed by atoms with Crippen LogP contribution in [0.3, 0.4) is 0 Å². The zero-order valence-corrected chi connectivity index (χ0v) is 8.01. The second-order valence-corrected chi connectivity index (χ2v) is 3.79. The molecule has 1 aliphatic rings. The number of hydrogen-bond donors (Lipinski definition) is 2. The molecule has 1 fully saturated rings. The summed E-state index contributed by atoms with van der Waals surface area (Å²) in [5, 5.41) is 0. The van der Waals surface area contributed by atoms with Gasteiger partial charge in [0.15, 0.2) is 0 Å². The molecule has 0 radical (unpaired) electrons. The standard InChI is InChI=1S/C8H13F3N2O2/c9-8(10,11)4-15-3-7(13,6(12)14)5-1-2-5/h5H,1-4,13H2,(H2,12,14). The highest BCUT2D eigenvalue weighted by atomic mass is 19.4. The largest absolute Gasteiger partial charge is 0.411 e. The quantitative estimate of drug-likeness (QED) is 0.700. The van der Waals surface area contributed by atoms with Crippen molar-refractivity contribution < 1.29 is 22.7 Å². The molecule has 4 N–H and O–H groups in total. The van der Waals surface area contributed by atoms with Crippen LogP contribution in [0.4, 0.5) is 13.2 Å². The van der Waals surface area contributed by atoms with Crippen LogP contribution in [0.5, 0.6) is 0 Å². The topological polar surface area (TPSA) is 78.3 Å². The number of alkyl halides is 3. The molecule has 0 aromatic carbocycles.